The number of nitrogens with zero attached hydrogens (tertiary/aromatic N) is 4. The summed E-state index contributed by atoms with van der Waals surface area (Å²) in [5, 5.41) is 17.6. The predicted molar refractivity (Wildman–Crippen MR) is 119 cm³/mol. The van der Waals surface area contributed by atoms with Crippen LogP contribution in [0.1, 0.15) is 26.0 Å². The minimum atomic E-state index is -0.412. The molecule has 3 rings (SSSR count). The molecule has 158 valence electrons. The first-order valence-electron chi connectivity index (χ1n) is 9.76. The molecule has 3 N–H and O–H groups in total. The van der Waals surface area contributed by atoms with Crippen molar-refractivity contribution in [2.45, 2.75) is 26.8 Å². The fraction of sp³-hybridized carbons (Fsp3) is 0.333. The van der Waals surface area contributed by atoms with Crippen LogP contribution < -0.4 is 10.6 Å². The van der Waals surface area contributed by atoms with Crippen LogP contribution in [0.4, 0.5) is 16.4 Å². The van der Waals surface area contributed by atoms with Crippen LogP contribution in [0.25, 0.3) is 10.6 Å². The molecule has 0 aliphatic carbocycles. The number of aromatic nitrogens is 3. The van der Waals surface area contributed by atoms with Crippen LogP contribution in [0.5, 0.6) is 0 Å². The van der Waals surface area contributed by atoms with Crippen LogP contribution in [0.3, 0.4) is 0 Å². The number of hydrogen-bond donors (Lipinski definition) is 3. The molecule has 0 fully saturated rings. The number of urea groups is 1. The number of carbonyl (C=O) groups excluding carboxylic acids is 1. The highest BCUT2D eigenvalue weighted by Gasteiger charge is 2.11. The molecule has 0 saturated heterocycles. The van der Waals surface area contributed by atoms with Crippen LogP contribution in [-0.2, 0) is 6.54 Å². The highest BCUT2D eigenvalue weighted by atomic mass is 32.1. The SMILES string of the molecule is CC(C)CCN(CO)Cc1cccc(NC(=O)Nc2csc(-c3ccncc3)n2)n1. The highest BCUT2D eigenvalue weighted by Crippen LogP contribution is 2.25. The lowest BCUT2D eigenvalue weighted by atomic mass is 10.1. The Labute approximate surface area is 180 Å². The van der Waals surface area contributed by atoms with Gasteiger partial charge in [-0.25, -0.2) is 14.8 Å². The second-order valence-electron chi connectivity index (χ2n) is 7.24. The summed E-state index contributed by atoms with van der Waals surface area (Å²) in [5.74, 6) is 1.48. The van der Waals surface area contributed by atoms with E-state index in [9.17, 15) is 9.90 Å². The maximum absolute atomic E-state index is 12.3. The van der Waals surface area contributed by atoms with Gasteiger partial charge in [0, 0.05) is 36.4 Å². The van der Waals surface area contributed by atoms with Crippen molar-refractivity contribution in [2.24, 2.45) is 5.92 Å². The first-order valence-corrected chi connectivity index (χ1v) is 10.6. The summed E-state index contributed by atoms with van der Waals surface area (Å²) in [4.78, 5) is 27.2. The summed E-state index contributed by atoms with van der Waals surface area (Å²) in [7, 11) is 0. The third-order valence-electron chi connectivity index (χ3n) is 4.33. The van der Waals surface area contributed by atoms with Crippen molar-refractivity contribution in [2.75, 3.05) is 23.9 Å². The van der Waals surface area contributed by atoms with E-state index in [1.165, 1.54) is 11.3 Å². The summed E-state index contributed by atoms with van der Waals surface area (Å²) >= 11 is 1.44. The van der Waals surface area contributed by atoms with Gasteiger partial charge in [0.05, 0.1) is 12.4 Å². The second-order valence-corrected chi connectivity index (χ2v) is 8.10. The van der Waals surface area contributed by atoms with Gasteiger partial charge in [-0.05, 0) is 36.6 Å². The van der Waals surface area contributed by atoms with E-state index in [0.717, 1.165) is 29.2 Å². The van der Waals surface area contributed by atoms with Gasteiger partial charge in [-0.1, -0.05) is 19.9 Å². The van der Waals surface area contributed by atoms with E-state index in [-0.39, 0.29) is 6.73 Å². The Balaban J connectivity index is 1.57. The number of anilines is 2. The van der Waals surface area contributed by atoms with Crippen LogP contribution in [0.15, 0.2) is 48.1 Å². The van der Waals surface area contributed by atoms with Crippen LogP contribution in [-0.4, -0.2) is 44.3 Å². The van der Waals surface area contributed by atoms with E-state index in [1.54, 1.807) is 23.8 Å². The lowest BCUT2D eigenvalue weighted by Gasteiger charge is -2.20. The summed E-state index contributed by atoms with van der Waals surface area (Å²) in [6.45, 7) is 5.58. The second kappa shape index (κ2) is 10.8. The Morgan fingerprint density at radius 3 is 2.63 bits per heavy atom. The molecule has 2 amide bonds. The molecule has 0 aromatic carbocycles. The summed E-state index contributed by atoms with van der Waals surface area (Å²) in [5.41, 5.74) is 1.72. The predicted octanol–water partition coefficient (Wildman–Crippen LogP) is 4.04. The lowest BCUT2D eigenvalue weighted by Crippen LogP contribution is -2.27. The molecule has 3 aromatic rings. The first kappa shape index (κ1) is 21.8. The van der Waals surface area contributed by atoms with E-state index >= 15 is 0 Å². The number of aliphatic hydroxyl groups is 1. The first-order chi connectivity index (χ1) is 14.5. The Hall–Kier alpha value is -2.88. The molecule has 3 aromatic heterocycles. The van der Waals surface area contributed by atoms with Gasteiger partial charge in [-0.15, -0.1) is 11.3 Å². The molecule has 0 saturated carbocycles. The van der Waals surface area contributed by atoms with Crippen LogP contribution >= 0.6 is 11.3 Å². The molecule has 0 spiro atoms. The lowest BCUT2D eigenvalue weighted by molar-refractivity contribution is 0.0949. The zero-order chi connectivity index (χ0) is 21.3. The van der Waals surface area contributed by atoms with Gasteiger partial charge >= 0.3 is 6.03 Å². The molecule has 0 radical (unpaired) electrons. The van der Waals surface area contributed by atoms with Crippen molar-refractivity contribution in [3.05, 3.63) is 53.8 Å². The average molecular weight is 427 g/mol. The van der Waals surface area contributed by atoms with Crippen molar-refractivity contribution in [1.29, 1.82) is 0 Å². The summed E-state index contributed by atoms with van der Waals surface area (Å²) in [6, 6.07) is 8.77. The van der Waals surface area contributed by atoms with Crippen molar-refractivity contribution < 1.29 is 9.90 Å². The maximum Gasteiger partial charge on any atom is 0.326 e. The van der Waals surface area contributed by atoms with E-state index < -0.39 is 6.03 Å². The van der Waals surface area contributed by atoms with Crippen molar-refractivity contribution in [3.63, 3.8) is 0 Å². The number of pyridine rings is 2. The van der Waals surface area contributed by atoms with E-state index in [1.807, 2.05) is 29.2 Å². The topological polar surface area (TPSA) is 103 Å². The summed E-state index contributed by atoms with van der Waals surface area (Å²) < 4.78 is 0. The molecular formula is C21H26N6O2S. The molecule has 0 atom stereocenters. The molecule has 3 heterocycles. The Morgan fingerprint density at radius 2 is 1.90 bits per heavy atom. The Morgan fingerprint density at radius 1 is 1.13 bits per heavy atom. The molecule has 30 heavy (non-hydrogen) atoms. The van der Waals surface area contributed by atoms with Gasteiger partial charge in [-0.2, -0.15) is 0 Å². The fourth-order valence-electron chi connectivity index (χ4n) is 2.73. The van der Waals surface area contributed by atoms with Gasteiger partial charge < -0.3 is 5.11 Å². The molecule has 0 aliphatic heterocycles. The average Bonchev–Trinajstić information content (AvgIpc) is 3.20. The van der Waals surface area contributed by atoms with Gasteiger partial charge in [-0.3, -0.25) is 20.5 Å². The van der Waals surface area contributed by atoms with Crippen molar-refractivity contribution in [1.82, 2.24) is 19.9 Å². The third kappa shape index (κ3) is 6.58. The monoisotopic (exact) mass is 426 g/mol. The van der Waals surface area contributed by atoms with Gasteiger partial charge in [0.1, 0.15) is 16.6 Å². The van der Waals surface area contributed by atoms with Crippen LogP contribution in [0, 0.1) is 5.92 Å². The Kier molecular flexibility index (Phi) is 7.83. The number of nitrogens with one attached hydrogen (secondary N) is 2. The van der Waals surface area contributed by atoms with Gasteiger partial charge in [0.2, 0.25) is 0 Å². The molecule has 8 nitrogen and oxygen atoms in total. The smallest absolute Gasteiger partial charge is 0.326 e. The standard InChI is InChI=1S/C21H26N6O2S/c1-15(2)8-11-27(14-28)12-17-4-3-5-18(23-17)25-21(29)26-19-13-30-20(24-19)16-6-9-22-10-7-16/h3-7,9-10,13,15,28H,8,11-12,14H2,1-2H3,(H2,23,25,26,29). The molecule has 9 heteroatoms. The zero-order valence-electron chi connectivity index (χ0n) is 17.1. The van der Waals surface area contributed by atoms with Crippen molar-refractivity contribution in [3.8, 4) is 10.6 Å². The highest BCUT2D eigenvalue weighted by molar-refractivity contribution is 7.13. The van der Waals surface area contributed by atoms with Crippen molar-refractivity contribution >= 4 is 29.0 Å². The molecule has 0 bridgehead atoms. The molecule has 0 unspecified atom stereocenters. The van der Waals surface area contributed by atoms with Gasteiger partial charge in [0.25, 0.3) is 0 Å². The molecule has 0 aliphatic rings. The summed E-state index contributed by atoms with van der Waals surface area (Å²) in [6.07, 6.45) is 4.40. The normalized spacial score (nSPS) is 11.1. The van der Waals surface area contributed by atoms with Crippen LogP contribution in [0.2, 0.25) is 0 Å². The number of carbonyl (C=O) groups is 1. The number of hydrogen-bond acceptors (Lipinski definition) is 7. The third-order valence-corrected chi connectivity index (χ3v) is 5.22. The number of amides is 2. The Bertz CT molecular complexity index is 947. The number of thiazole rings is 1. The number of aliphatic hydroxyl groups excluding tert-OH is 1. The van der Waals surface area contributed by atoms with E-state index in [0.29, 0.717) is 24.1 Å². The van der Waals surface area contributed by atoms with E-state index in [2.05, 4.69) is 39.4 Å². The maximum atomic E-state index is 12.3. The minimum Gasteiger partial charge on any atom is -0.381 e. The van der Waals surface area contributed by atoms with E-state index in [4.69, 9.17) is 0 Å². The minimum absolute atomic E-state index is 0.0316. The largest absolute Gasteiger partial charge is 0.381 e. The molecular weight excluding hydrogens is 400 g/mol. The fourth-order valence-corrected chi connectivity index (χ4v) is 3.49. The quantitative estimate of drug-likeness (QED) is 0.446. The zero-order valence-corrected chi connectivity index (χ0v) is 17.9. The van der Waals surface area contributed by atoms with Gasteiger partial charge in [0.15, 0.2) is 0 Å². The number of rotatable bonds is 9.